The molecule has 0 spiro atoms. The molecule has 0 heterocycles. The highest BCUT2D eigenvalue weighted by molar-refractivity contribution is 5.90. The number of ether oxygens (including phenoxy) is 1. The van der Waals surface area contributed by atoms with E-state index in [1.54, 1.807) is 12.0 Å². The van der Waals surface area contributed by atoms with Crippen molar-refractivity contribution in [3.8, 4) is 5.75 Å². The van der Waals surface area contributed by atoms with E-state index in [1.807, 2.05) is 48.5 Å². The van der Waals surface area contributed by atoms with Crippen LogP contribution in [0.5, 0.6) is 5.75 Å². The maximum Gasteiger partial charge on any atom is 0.322 e. The van der Waals surface area contributed by atoms with E-state index in [0.717, 1.165) is 22.6 Å². The van der Waals surface area contributed by atoms with Gasteiger partial charge in [0.2, 0.25) is 0 Å². The number of para-hydroxylation sites is 2. The van der Waals surface area contributed by atoms with Crippen LogP contribution >= 0.6 is 0 Å². The minimum atomic E-state index is -0.243. The van der Waals surface area contributed by atoms with Crippen molar-refractivity contribution >= 4 is 11.7 Å². The molecule has 0 radical (unpaired) electrons. The van der Waals surface area contributed by atoms with Gasteiger partial charge in [0.05, 0.1) is 20.3 Å². The Morgan fingerprint density at radius 1 is 1.16 bits per heavy atom. The maximum atomic E-state index is 12.7. The molecule has 0 fully saturated rings. The molecule has 0 aliphatic rings. The molecule has 2 aromatic carbocycles. The lowest BCUT2D eigenvalue weighted by molar-refractivity contribution is 0.184. The van der Waals surface area contributed by atoms with Gasteiger partial charge in [-0.3, -0.25) is 0 Å². The zero-order valence-electron chi connectivity index (χ0n) is 15.0. The number of amides is 2. The van der Waals surface area contributed by atoms with Gasteiger partial charge in [0, 0.05) is 17.8 Å². The molecule has 2 rings (SSSR count). The van der Waals surface area contributed by atoms with Gasteiger partial charge < -0.3 is 20.1 Å². The second-order valence-electron chi connectivity index (χ2n) is 6.13. The highest BCUT2D eigenvalue weighted by atomic mass is 16.5. The normalized spacial score (nSPS) is 10.6. The number of carbonyl (C=O) groups is 1. The molecule has 0 aromatic heterocycles. The molecule has 0 atom stereocenters. The molecule has 134 valence electrons. The van der Waals surface area contributed by atoms with E-state index >= 15 is 0 Å². The summed E-state index contributed by atoms with van der Waals surface area (Å²) in [5.41, 5.74) is 2.77. The summed E-state index contributed by atoms with van der Waals surface area (Å²) in [7, 11) is 1.61. The number of aliphatic hydroxyl groups excluding tert-OH is 1. The molecule has 0 aliphatic carbocycles. The Bertz CT molecular complexity index is 701. The van der Waals surface area contributed by atoms with Gasteiger partial charge in [-0.15, -0.1) is 0 Å². The zero-order chi connectivity index (χ0) is 18.2. The number of carbonyl (C=O) groups excluding carboxylic acids is 1. The fourth-order valence-corrected chi connectivity index (χ4v) is 2.72. The lowest BCUT2D eigenvalue weighted by atomic mass is 10.0. The van der Waals surface area contributed by atoms with E-state index in [4.69, 9.17) is 4.74 Å². The number of benzene rings is 2. The lowest BCUT2D eigenvalue weighted by Gasteiger charge is -2.24. The van der Waals surface area contributed by atoms with E-state index in [0.29, 0.717) is 12.5 Å². The standard InChI is InChI=1S/C20H26N2O3/c1-15(2)17-9-5-6-10-18(17)21-20(24)22(12-13-23)14-16-8-4-7-11-19(16)25-3/h4-11,15,23H,12-14H2,1-3H3,(H,21,24). The van der Waals surface area contributed by atoms with E-state index in [9.17, 15) is 9.90 Å². The van der Waals surface area contributed by atoms with Crippen LogP contribution in [0.4, 0.5) is 10.5 Å². The highest BCUT2D eigenvalue weighted by Crippen LogP contribution is 2.25. The number of nitrogens with zero attached hydrogens (tertiary/aromatic N) is 1. The van der Waals surface area contributed by atoms with Gasteiger partial charge in [-0.2, -0.15) is 0 Å². The van der Waals surface area contributed by atoms with Crippen molar-refractivity contribution in [3.63, 3.8) is 0 Å². The van der Waals surface area contributed by atoms with Crippen LogP contribution in [0.25, 0.3) is 0 Å². The summed E-state index contributed by atoms with van der Waals surface area (Å²) in [5.74, 6) is 1.03. The third-order valence-electron chi connectivity index (χ3n) is 4.04. The van der Waals surface area contributed by atoms with E-state index < -0.39 is 0 Å². The van der Waals surface area contributed by atoms with Gasteiger partial charge >= 0.3 is 6.03 Å². The molecule has 2 aromatic rings. The Morgan fingerprint density at radius 3 is 2.52 bits per heavy atom. The number of aliphatic hydroxyl groups is 1. The topological polar surface area (TPSA) is 61.8 Å². The van der Waals surface area contributed by atoms with Crippen molar-refractivity contribution in [1.82, 2.24) is 4.90 Å². The summed E-state index contributed by atoms with van der Waals surface area (Å²) in [4.78, 5) is 14.3. The fraction of sp³-hybridized carbons (Fsp3) is 0.350. The maximum absolute atomic E-state index is 12.7. The first-order valence-electron chi connectivity index (χ1n) is 8.44. The fourth-order valence-electron chi connectivity index (χ4n) is 2.72. The molecule has 2 N–H and O–H groups in total. The number of hydrogen-bond acceptors (Lipinski definition) is 3. The van der Waals surface area contributed by atoms with Gasteiger partial charge in [-0.1, -0.05) is 50.2 Å². The number of hydrogen-bond donors (Lipinski definition) is 2. The van der Waals surface area contributed by atoms with Gasteiger partial charge in [-0.05, 0) is 23.6 Å². The number of urea groups is 1. The average molecular weight is 342 g/mol. The van der Waals surface area contributed by atoms with E-state index in [1.165, 1.54) is 0 Å². The Hall–Kier alpha value is -2.53. The summed E-state index contributed by atoms with van der Waals surface area (Å²) < 4.78 is 5.35. The molecular weight excluding hydrogens is 316 g/mol. The smallest absolute Gasteiger partial charge is 0.322 e. The third-order valence-corrected chi connectivity index (χ3v) is 4.04. The van der Waals surface area contributed by atoms with Crippen LogP contribution in [-0.4, -0.2) is 36.3 Å². The van der Waals surface area contributed by atoms with Crippen molar-refractivity contribution in [2.24, 2.45) is 0 Å². The largest absolute Gasteiger partial charge is 0.496 e. The van der Waals surface area contributed by atoms with Crippen molar-refractivity contribution in [1.29, 1.82) is 0 Å². The van der Waals surface area contributed by atoms with Gasteiger partial charge in [0.25, 0.3) is 0 Å². The Morgan fingerprint density at radius 2 is 1.84 bits per heavy atom. The Labute approximate surface area is 149 Å². The van der Waals surface area contributed by atoms with Crippen LogP contribution in [0, 0.1) is 0 Å². The minimum absolute atomic E-state index is 0.103. The van der Waals surface area contributed by atoms with Crippen LogP contribution in [0.2, 0.25) is 0 Å². The SMILES string of the molecule is COc1ccccc1CN(CCO)C(=O)Nc1ccccc1C(C)C. The van der Waals surface area contributed by atoms with Gasteiger partial charge in [-0.25, -0.2) is 4.79 Å². The van der Waals surface area contributed by atoms with Crippen LogP contribution < -0.4 is 10.1 Å². The second kappa shape index (κ2) is 9.08. The Kier molecular flexibility index (Phi) is 6.83. The summed E-state index contributed by atoms with van der Waals surface area (Å²) >= 11 is 0. The predicted octanol–water partition coefficient (Wildman–Crippen LogP) is 3.85. The molecule has 0 unspecified atom stereocenters. The zero-order valence-corrected chi connectivity index (χ0v) is 15.0. The molecule has 0 bridgehead atoms. The van der Waals surface area contributed by atoms with Crippen molar-refractivity contribution < 1.29 is 14.6 Å². The highest BCUT2D eigenvalue weighted by Gasteiger charge is 2.17. The van der Waals surface area contributed by atoms with Gasteiger partial charge in [0.15, 0.2) is 0 Å². The van der Waals surface area contributed by atoms with Crippen molar-refractivity contribution in [2.45, 2.75) is 26.3 Å². The van der Waals surface area contributed by atoms with Crippen LogP contribution in [0.15, 0.2) is 48.5 Å². The number of nitrogens with one attached hydrogen (secondary N) is 1. The molecule has 5 nitrogen and oxygen atoms in total. The number of rotatable bonds is 7. The summed E-state index contributed by atoms with van der Waals surface area (Å²) in [6.45, 7) is 4.68. The molecule has 0 saturated heterocycles. The third kappa shape index (κ3) is 4.97. The number of methoxy groups -OCH3 is 1. The summed E-state index contributed by atoms with van der Waals surface area (Å²) in [6.07, 6.45) is 0. The molecule has 2 amide bonds. The predicted molar refractivity (Wildman–Crippen MR) is 100 cm³/mol. The van der Waals surface area contributed by atoms with Crippen molar-refractivity contribution in [3.05, 3.63) is 59.7 Å². The van der Waals surface area contributed by atoms with Crippen molar-refractivity contribution in [2.75, 3.05) is 25.6 Å². The first kappa shape index (κ1) is 18.8. The quantitative estimate of drug-likeness (QED) is 0.803. The first-order chi connectivity index (χ1) is 12.1. The molecule has 0 aliphatic heterocycles. The summed E-state index contributed by atoms with van der Waals surface area (Å²) in [5, 5.41) is 12.3. The molecule has 5 heteroatoms. The molecular formula is C20H26N2O3. The molecule has 0 saturated carbocycles. The first-order valence-corrected chi connectivity index (χ1v) is 8.44. The van der Waals surface area contributed by atoms with Crippen LogP contribution in [0.1, 0.15) is 30.9 Å². The second-order valence-corrected chi connectivity index (χ2v) is 6.13. The van der Waals surface area contributed by atoms with Crippen LogP contribution in [-0.2, 0) is 6.54 Å². The summed E-state index contributed by atoms with van der Waals surface area (Å²) in [6, 6.07) is 15.1. The monoisotopic (exact) mass is 342 g/mol. The molecule has 25 heavy (non-hydrogen) atoms. The average Bonchev–Trinajstić information content (AvgIpc) is 2.62. The number of anilines is 1. The van der Waals surface area contributed by atoms with E-state index in [-0.39, 0.29) is 19.2 Å². The minimum Gasteiger partial charge on any atom is -0.496 e. The lowest BCUT2D eigenvalue weighted by Crippen LogP contribution is -2.36. The Balaban J connectivity index is 2.18. The van der Waals surface area contributed by atoms with Gasteiger partial charge in [0.1, 0.15) is 5.75 Å². The van der Waals surface area contributed by atoms with E-state index in [2.05, 4.69) is 19.2 Å². The van der Waals surface area contributed by atoms with Crippen LogP contribution in [0.3, 0.4) is 0 Å².